The molecule has 0 fully saturated rings. The molecule has 0 amide bonds. The van der Waals surface area contributed by atoms with Crippen molar-refractivity contribution < 1.29 is 13.6 Å². The molecule has 4 nitrogen and oxygen atoms in total. The summed E-state index contributed by atoms with van der Waals surface area (Å²) in [6.07, 6.45) is 3.59. The van der Waals surface area contributed by atoms with Crippen LogP contribution in [0.2, 0.25) is 0 Å². The Hall–Kier alpha value is -0.0500. The highest BCUT2D eigenvalue weighted by atomic mass is 32.1. The van der Waals surface area contributed by atoms with E-state index in [0.29, 0.717) is 13.2 Å². The van der Waals surface area contributed by atoms with Crippen LogP contribution in [0.3, 0.4) is 0 Å². The Morgan fingerprint density at radius 2 is 1.67 bits per heavy atom. The summed E-state index contributed by atoms with van der Waals surface area (Å²) < 4.78 is 25.5. The molecule has 0 radical (unpaired) electrons. The van der Waals surface area contributed by atoms with Crippen LogP contribution in [0.15, 0.2) is 4.76 Å². The van der Waals surface area contributed by atoms with Crippen LogP contribution in [-0.2, 0) is 13.6 Å². The first-order chi connectivity index (χ1) is 7.18. The zero-order chi connectivity index (χ0) is 11.6. The number of thiocarbonyl (C=S) groups is 1. The molecule has 0 aromatic heterocycles. The lowest BCUT2D eigenvalue weighted by Gasteiger charge is -2.11. The van der Waals surface area contributed by atoms with Gasteiger partial charge in [-0.15, -0.1) is 4.76 Å². The summed E-state index contributed by atoms with van der Waals surface area (Å²) in [7, 11) is -3.37. The average Bonchev–Trinajstić information content (AvgIpc) is 2.19. The van der Waals surface area contributed by atoms with E-state index in [9.17, 15) is 4.57 Å². The largest absolute Gasteiger partial charge is 0.462 e. The maximum Gasteiger partial charge on any atom is 0.462 e. The van der Waals surface area contributed by atoms with Crippen molar-refractivity contribution in [3.8, 4) is 0 Å². The van der Waals surface area contributed by atoms with Gasteiger partial charge in [0.15, 0.2) is 0 Å². The fraction of sp³-hybridized carbons (Fsp3) is 0.889. The topological polar surface area (TPSA) is 47.9 Å². The highest BCUT2D eigenvalue weighted by Crippen LogP contribution is 2.49. The Balaban J connectivity index is 4.07. The van der Waals surface area contributed by atoms with Crippen LogP contribution in [0, 0.1) is 0 Å². The van der Waals surface area contributed by atoms with Gasteiger partial charge < -0.3 is 0 Å². The maximum absolute atomic E-state index is 11.8. The summed E-state index contributed by atoms with van der Waals surface area (Å²) in [4.78, 5) is 0. The molecule has 0 spiro atoms. The van der Waals surface area contributed by atoms with Crippen LogP contribution in [0.4, 0.5) is 0 Å². The summed E-state index contributed by atoms with van der Waals surface area (Å²) in [5.41, 5.74) is 0. The Morgan fingerprint density at radius 3 is 2.00 bits per heavy atom. The zero-order valence-corrected chi connectivity index (χ0v) is 11.0. The van der Waals surface area contributed by atoms with Gasteiger partial charge in [-0.1, -0.05) is 26.7 Å². The van der Waals surface area contributed by atoms with Crippen molar-refractivity contribution in [1.82, 2.24) is 0 Å². The summed E-state index contributed by atoms with van der Waals surface area (Å²) in [6, 6.07) is 0. The van der Waals surface area contributed by atoms with Crippen molar-refractivity contribution in [2.24, 2.45) is 4.76 Å². The second-order valence-corrected chi connectivity index (χ2v) is 4.87. The molecule has 0 saturated heterocycles. The van der Waals surface area contributed by atoms with Gasteiger partial charge in [-0.3, -0.25) is 9.05 Å². The molecule has 0 aliphatic carbocycles. The molecular formula is C9H18NO3PS. The van der Waals surface area contributed by atoms with Crippen molar-refractivity contribution >= 4 is 25.1 Å². The standard InChI is InChI=1S/C9H18NO3PS/c1-3-5-7-12-14(11,10-9-15)13-8-6-4-2/h3-8H2,1-2H3. The molecular weight excluding hydrogens is 233 g/mol. The van der Waals surface area contributed by atoms with E-state index in [1.807, 2.05) is 13.8 Å². The van der Waals surface area contributed by atoms with Gasteiger partial charge in [-0.2, -0.15) is 0 Å². The minimum absolute atomic E-state index is 0.375. The molecule has 0 aromatic rings. The molecule has 0 saturated carbocycles. The summed E-state index contributed by atoms with van der Waals surface area (Å²) in [5, 5.41) is 2.06. The monoisotopic (exact) mass is 251 g/mol. The third kappa shape index (κ3) is 7.83. The Labute approximate surface area is 96.7 Å². The molecule has 88 valence electrons. The highest BCUT2D eigenvalue weighted by molar-refractivity contribution is 7.78. The van der Waals surface area contributed by atoms with Gasteiger partial charge >= 0.3 is 7.75 Å². The molecule has 0 aliphatic rings. The second-order valence-electron chi connectivity index (χ2n) is 3.03. The summed E-state index contributed by atoms with van der Waals surface area (Å²) >= 11 is 4.41. The number of isothiocyanates is 1. The predicted octanol–water partition coefficient (Wildman–Crippen LogP) is 3.83. The van der Waals surface area contributed by atoms with E-state index in [0.717, 1.165) is 25.7 Å². The number of unbranched alkanes of at least 4 members (excludes halogenated alkanes) is 2. The Morgan fingerprint density at radius 1 is 1.20 bits per heavy atom. The first kappa shape index (κ1) is 14.9. The SMILES string of the molecule is CCCCOP(=O)(N=C=S)OCCCC. The molecule has 15 heavy (non-hydrogen) atoms. The second kappa shape index (κ2) is 9.20. The zero-order valence-electron chi connectivity index (χ0n) is 9.27. The molecule has 0 rings (SSSR count). The van der Waals surface area contributed by atoms with Crippen molar-refractivity contribution in [3.63, 3.8) is 0 Å². The number of hydrogen-bond donors (Lipinski definition) is 0. The van der Waals surface area contributed by atoms with E-state index in [-0.39, 0.29) is 0 Å². The van der Waals surface area contributed by atoms with Crippen LogP contribution in [0.1, 0.15) is 39.5 Å². The van der Waals surface area contributed by atoms with Gasteiger partial charge in [-0.05, 0) is 25.1 Å². The summed E-state index contributed by atoms with van der Waals surface area (Å²) in [6.45, 7) is 4.80. The van der Waals surface area contributed by atoms with Crippen molar-refractivity contribution in [3.05, 3.63) is 0 Å². The smallest absolute Gasteiger partial charge is 0.291 e. The molecule has 0 atom stereocenters. The van der Waals surface area contributed by atoms with E-state index in [4.69, 9.17) is 9.05 Å². The minimum atomic E-state index is -3.37. The first-order valence-electron chi connectivity index (χ1n) is 5.17. The number of hydrogen-bond acceptors (Lipinski definition) is 4. The van der Waals surface area contributed by atoms with E-state index < -0.39 is 7.75 Å². The average molecular weight is 251 g/mol. The van der Waals surface area contributed by atoms with Crippen LogP contribution in [-0.4, -0.2) is 18.4 Å². The molecule has 0 bridgehead atoms. The maximum atomic E-state index is 11.8. The van der Waals surface area contributed by atoms with Gasteiger partial charge in [-0.25, -0.2) is 4.57 Å². The van der Waals surface area contributed by atoms with Gasteiger partial charge in [0.05, 0.1) is 18.4 Å². The predicted molar refractivity (Wildman–Crippen MR) is 64.4 cm³/mol. The van der Waals surface area contributed by atoms with Crippen molar-refractivity contribution in [1.29, 1.82) is 0 Å². The van der Waals surface area contributed by atoms with E-state index in [1.165, 1.54) is 0 Å². The first-order valence-corrected chi connectivity index (χ1v) is 7.07. The Bertz CT molecular complexity index is 240. The van der Waals surface area contributed by atoms with Crippen LogP contribution < -0.4 is 0 Å². The van der Waals surface area contributed by atoms with E-state index in [2.05, 4.69) is 22.1 Å². The third-order valence-corrected chi connectivity index (χ3v) is 3.26. The number of nitrogens with zero attached hydrogens (tertiary/aromatic N) is 1. The fourth-order valence-electron chi connectivity index (χ4n) is 0.793. The molecule has 0 N–H and O–H groups in total. The molecule has 0 aliphatic heterocycles. The van der Waals surface area contributed by atoms with Gasteiger partial charge in [0.2, 0.25) is 0 Å². The molecule has 0 aromatic carbocycles. The van der Waals surface area contributed by atoms with Crippen LogP contribution in [0.5, 0.6) is 0 Å². The van der Waals surface area contributed by atoms with E-state index in [1.54, 1.807) is 0 Å². The summed E-state index contributed by atoms with van der Waals surface area (Å²) in [5.74, 6) is 0. The van der Waals surface area contributed by atoms with Crippen LogP contribution >= 0.6 is 20.0 Å². The van der Waals surface area contributed by atoms with Gasteiger partial charge in [0.1, 0.15) is 0 Å². The fourth-order valence-corrected chi connectivity index (χ4v) is 2.10. The molecule has 0 heterocycles. The highest BCUT2D eigenvalue weighted by Gasteiger charge is 2.22. The van der Waals surface area contributed by atoms with Crippen molar-refractivity contribution in [2.75, 3.05) is 13.2 Å². The Kier molecular flexibility index (Phi) is 9.17. The number of rotatable bonds is 9. The van der Waals surface area contributed by atoms with Crippen LogP contribution in [0.25, 0.3) is 0 Å². The van der Waals surface area contributed by atoms with E-state index >= 15 is 0 Å². The lowest BCUT2D eigenvalue weighted by Crippen LogP contribution is -1.97. The normalized spacial score (nSPS) is 11.1. The van der Waals surface area contributed by atoms with Crippen molar-refractivity contribution in [2.45, 2.75) is 39.5 Å². The van der Waals surface area contributed by atoms with Gasteiger partial charge in [0.25, 0.3) is 0 Å². The minimum Gasteiger partial charge on any atom is -0.291 e. The lowest BCUT2D eigenvalue weighted by atomic mass is 10.4. The van der Waals surface area contributed by atoms with Gasteiger partial charge in [0, 0.05) is 0 Å². The quantitative estimate of drug-likeness (QED) is 0.270. The third-order valence-electron chi connectivity index (χ3n) is 1.67. The lowest BCUT2D eigenvalue weighted by molar-refractivity contribution is 0.201. The molecule has 0 unspecified atom stereocenters. The molecule has 6 heteroatoms.